The van der Waals surface area contributed by atoms with Crippen molar-refractivity contribution in [2.75, 3.05) is 26.9 Å². The first kappa shape index (κ1) is 24.1. The zero-order valence-electron chi connectivity index (χ0n) is 20.2. The summed E-state index contributed by atoms with van der Waals surface area (Å²) in [5.41, 5.74) is 2.23. The Labute approximate surface area is 213 Å². The van der Waals surface area contributed by atoms with Crippen LogP contribution in [-0.4, -0.2) is 54.5 Å². The van der Waals surface area contributed by atoms with Gasteiger partial charge in [-0.25, -0.2) is 4.79 Å². The molecular weight excluding hydrogens is 474 g/mol. The summed E-state index contributed by atoms with van der Waals surface area (Å²) in [6.45, 7) is 1.05. The van der Waals surface area contributed by atoms with Crippen molar-refractivity contribution in [2.24, 2.45) is 0 Å². The first-order chi connectivity index (χ1) is 18.0. The van der Waals surface area contributed by atoms with Gasteiger partial charge in [-0.05, 0) is 47.9 Å². The molecule has 0 saturated carbocycles. The monoisotopic (exact) mass is 499 g/mol. The van der Waals surface area contributed by atoms with Crippen molar-refractivity contribution in [3.8, 4) is 11.5 Å². The number of aliphatic hydroxyl groups is 1. The Morgan fingerprint density at radius 1 is 0.946 bits per heavy atom. The van der Waals surface area contributed by atoms with Gasteiger partial charge in [-0.15, -0.1) is 0 Å². The molecule has 3 aromatic rings. The number of carbonyl (C=O) groups excluding carboxylic acids is 3. The lowest BCUT2D eigenvalue weighted by Crippen LogP contribution is -2.31. The molecule has 37 heavy (non-hydrogen) atoms. The number of esters is 1. The summed E-state index contributed by atoms with van der Waals surface area (Å²) >= 11 is 0. The van der Waals surface area contributed by atoms with E-state index in [4.69, 9.17) is 14.2 Å². The molecule has 1 atom stereocenters. The van der Waals surface area contributed by atoms with Crippen molar-refractivity contribution in [1.82, 2.24) is 4.90 Å². The van der Waals surface area contributed by atoms with Crippen LogP contribution in [0.25, 0.3) is 5.76 Å². The number of fused-ring (bicyclic) bond motifs is 1. The maximum Gasteiger partial charge on any atom is 0.337 e. The molecular formula is C29H25NO7. The molecule has 3 aromatic carbocycles. The van der Waals surface area contributed by atoms with Crippen LogP contribution in [-0.2, 0) is 20.7 Å². The molecule has 0 bridgehead atoms. The molecule has 188 valence electrons. The number of aliphatic hydroxyl groups excluding tert-OH is 1. The largest absolute Gasteiger partial charge is 0.507 e. The van der Waals surface area contributed by atoms with E-state index in [1.54, 1.807) is 42.5 Å². The smallest absolute Gasteiger partial charge is 0.337 e. The van der Waals surface area contributed by atoms with E-state index in [0.29, 0.717) is 47.8 Å². The van der Waals surface area contributed by atoms with E-state index in [-0.39, 0.29) is 17.9 Å². The van der Waals surface area contributed by atoms with Gasteiger partial charge in [0.1, 0.15) is 19.0 Å². The summed E-state index contributed by atoms with van der Waals surface area (Å²) in [6, 6.07) is 20.1. The highest BCUT2D eigenvalue weighted by atomic mass is 16.6. The number of ether oxygens (including phenoxy) is 3. The number of methoxy groups -OCH3 is 1. The molecule has 8 nitrogen and oxygen atoms in total. The van der Waals surface area contributed by atoms with Gasteiger partial charge in [0.05, 0.1) is 24.3 Å². The summed E-state index contributed by atoms with van der Waals surface area (Å²) < 4.78 is 16.0. The van der Waals surface area contributed by atoms with Crippen LogP contribution in [0, 0.1) is 0 Å². The topological polar surface area (TPSA) is 102 Å². The maximum absolute atomic E-state index is 13.3. The first-order valence-corrected chi connectivity index (χ1v) is 11.9. The number of likely N-dealkylation sites (tertiary alicyclic amines) is 1. The van der Waals surface area contributed by atoms with Crippen LogP contribution in [0.2, 0.25) is 0 Å². The Kier molecular flexibility index (Phi) is 6.64. The molecule has 0 unspecified atom stereocenters. The van der Waals surface area contributed by atoms with Crippen LogP contribution in [0.4, 0.5) is 0 Å². The molecule has 2 heterocycles. The van der Waals surface area contributed by atoms with E-state index in [1.165, 1.54) is 12.0 Å². The molecule has 1 amide bonds. The second kappa shape index (κ2) is 10.2. The highest BCUT2D eigenvalue weighted by Gasteiger charge is 2.46. The number of hydrogen-bond donors (Lipinski definition) is 1. The SMILES string of the molecule is COC(=O)c1ccc([C@@H]2C(=C(O)c3ccc4c(c3)OCCO4)C(=O)C(=O)N2CCc2ccccc2)cc1. The summed E-state index contributed by atoms with van der Waals surface area (Å²) in [5, 5.41) is 11.3. The van der Waals surface area contributed by atoms with Crippen molar-refractivity contribution in [2.45, 2.75) is 12.5 Å². The minimum Gasteiger partial charge on any atom is -0.507 e. The fourth-order valence-corrected chi connectivity index (χ4v) is 4.62. The van der Waals surface area contributed by atoms with Crippen LogP contribution in [0.1, 0.15) is 33.1 Å². The van der Waals surface area contributed by atoms with Crippen molar-refractivity contribution in [3.05, 3.63) is 101 Å². The highest BCUT2D eigenvalue weighted by molar-refractivity contribution is 6.46. The number of nitrogens with zero attached hydrogens (tertiary/aromatic N) is 1. The predicted molar refractivity (Wildman–Crippen MR) is 134 cm³/mol. The summed E-state index contributed by atoms with van der Waals surface area (Å²) in [5.74, 6) is -1.28. The zero-order valence-corrected chi connectivity index (χ0v) is 20.2. The standard InChI is InChI=1S/C29H25NO7/c1-35-29(34)20-9-7-19(8-10-20)25-24(26(31)21-11-12-22-23(17-21)37-16-15-36-22)27(32)28(33)30(25)14-13-18-5-3-2-4-6-18/h2-12,17,25,31H,13-16H2,1H3/t25-/m1/s1. The van der Waals surface area contributed by atoms with Gasteiger partial charge in [-0.3, -0.25) is 9.59 Å². The number of ketones is 1. The molecule has 1 N–H and O–H groups in total. The molecule has 5 rings (SSSR count). The van der Waals surface area contributed by atoms with Crippen LogP contribution in [0.15, 0.2) is 78.4 Å². The van der Waals surface area contributed by atoms with Gasteiger partial charge in [0.2, 0.25) is 0 Å². The average molecular weight is 500 g/mol. The van der Waals surface area contributed by atoms with Gasteiger partial charge in [0, 0.05) is 12.1 Å². The second-order valence-electron chi connectivity index (χ2n) is 8.70. The van der Waals surface area contributed by atoms with Crippen molar-refractivity contribution < 1.29 is 33.7 Å². The van der Waals surface area contributed by atoms with Gasteiger partial charge in [-0.1, -0.05) is 42.5 Å². The van der Waals surface area contributed by atoms with Crippen LogP contribution in [0.5, 0.6) is 11.5 Å². The predicted octanol–water partition coefficient (Wildman–Crippen LogP) is 3.91. The van der Waals surface area contributed by atoms with Gasteiger partial charge < -0.3 is 24.2 Å². The lowest BCUT2D eigenvalue weighted by Gasteiger charge is -2.25. The lowest BCUT2D eigenvalue weighted by molar-refractivity contribution is -0.139. The van der Waals surface area contributed by atoms with Gasteiger partial charge in [-0.2, -0.15) is 0 Å². The van der Waals surface area contributed by atoms with Gasteiger partial charge in [0.15, 0.2) is 11.5 Å². The third kappa shape index (κ3) is 4.65. The van der Waals surface area contributed by atoms with Crippen molar-refractivity contribution in [3.63, 3.8) is 0 Å². The molecule has 0 spiro atoms. The van der Waals surface area contributed by atoms with Crippen LogP contribution in [0.3, 0.4) is 0 Å². The molecule has 0 aromatic heterocycles. The Hall–Kier alpha value is -4.59. The van der Waals surface area contributed by atoms with Crippen LogP contribution < -0.4 is 9.47 Å². The molecule has 0 aliphatic carbocycles. The fourth-order valence-electron chi connectivity index (χ4n) is 4.62. The molecule has 2 aliphatic rings. The molecule has 0 radical (unpaired) electrons. The Balaban J connectivity index is 1.57. The van der Waals surface area contributed by atoms with Crippen molar-refractivity contribution in [1.29, 1.82) is 0 Å². The fraction of sp³-hybridized carbons (Fsp3) is 0.207. The quantitative estimate of drug-likeness (QED) is 0.237. The van der Waals surface area contributed by atoms with E-state index in [0.717, 1.165) is 5.56 Å². The number of hydrogen-bond acceptors (Lipinski definition) is 7. The van der Waals surface area contributed by atoms with E-state index in [1.807, 2.05) is 30.3 Å². The molecule has 1 saturated heterocycles. The molecule has 8 heteroatoms. The third-order valence-corrected chi connectivity index (χ3v) is 6.49. The maximum atomic E-state index is 13.3. The zero-order chi connectivity index (χ0) is 25.9. The lowest BCUT2D eigenvalue weighted by atomic mass is 9.94. The number of Topliss-reactive ketones (excluding diaryl/α,β-unsaturated/α-hetero) is 1. The summed E-state index contributed by atoms with van der Waals surface area (Å²) in [7, 11) is 1.29. The Bertz CT molecular complexity index is 1380. The van der Waals surface area contributed by atoms with E-state index in [2.05, 4.69) is 0 Å². The minimum absolute atomic E-state index is 0.0273. The third-order valence-electron chi connectivity index (χ3n) is 6.49. The normalized spacial score (nSPS) is 18.1. The minimum atomic E-state index is -0.844. The van der Waals surface area contributed by atoms with E-state index < -0.39 is 23.7 Å². The molecule has 1 fully saturated rings. The number of amides is 1. The van der Waals surface area contributed by atoms with Crippen molar-refractivity contribution >= 4 is 23.4 Å². The summed E-state index contributed by atoms with van der Waals surface area (Å²) in [6.07, 6.45) is 0.522. The van der Waals surface area contributed by atoms with E-state index >= 15 is 0 Å². The number of benzene rings is 3. The second-order valence-corrected chi connectivity index (χ2v) is 8.70. The number of carbonyl (C=O) groups is 3. The van der Waals surface area contributed by atoms with E-state index in [9.17, 15) is 19.5 Å². The Morgan fingerprint density at radius 3 is 2.32 bits per heavy atom. The summed E-state index contributed by atoms with van der Waals surface area (Å²) in [4.78, 5) is 39.9. The average Bonchev–Trinajstić information content (AvgIpc) is 3.20. The molecule has 2 aliphatic heterocycles. The Morgan fingerprint density at radius 2 is 1.62 bits per heavy atom. The van der Waals surface area contributed by atoms with Crippen LogP contribution >= 0.6 is 0 Å². The van der Waals surface area contributed by atoms with Gasteiger partial charge >= 0.3 is 5.97 Å². The highest BCUT2D eigenvalue weighted by Crippen LogP contribution is 2.41. The van der Waals surface area contributed by atoms with Gasteiger partial charge in [0.25, 0.3) is 11.7 Å². The number of rotatable bonds is 6. The first-order valence-electron chi connectivity index (χ1n) is 11.9.